The van der Waals surface area contributed by atoms with Crippen LogP contribution >= 0.6 is 0 Å². The number of cyclic esters (lactones) is 1. The third-order valence-electron chi connectivity index (χ3n) is 5.95. The van der Waals surface area contributed by atoms with Crippen molar-refractivity contribution in [1.29, 1.82) is 0 Å². The van der Waals surface area contributed by atoms with Gasteiger partial charge in [-0.2, -0.15) is 0 Å². The van der Waals surface area contributed by atoms with Crippen LogP contribution in [0.25, 0.3) is 11.0 Å². The number of carbonyl (C=O) groups excluding carboxylic acids is 2. The van der Waals surface area contributed by atoms with Crippen LogP contribution in [0, 0.1) is 0 Å². The molecule has 1 aromatic heterocycles. The summed E-state index contributed by atoms with van der Waals surface area (Å²) < 4.78 is 7.41. The van der Waals surface area contributed by atoms with Crippen LogP contribution in [0.2, 0.25) is 0 Å². The number of nitrogens with zero attached hydrogens (tertiary/aromatic N) is 4. The molecule has 9 nitrogen and oxygen atoms in total. The van der Waals surface area contributed by atoms with Crippen molar-refractivity contribution in [3.63, 3.8) is 0 Å². The number of aryl methyl sites for hydroxylation is 2. The van der Waals surface area contributed by atoms with Gasteiger partial charge in [0.05, 0.1) is 16.6 Å². The van der Waals surface area contributed by atoms with E-state index >= 15 is 0 Å². The Morgan fingerprint density at radius 3 is 2.73 bits per heavy atom. The number of fused-ring (bicyclic) bond motifs is 2. The molecule has 1 atom stereocenters. The van der Waals surface area contributed by atoms with E-state index in [9.17, 15) is 9.59 Å². The Morgan fingerprint density at radius 1 is 1.30 bits per heavy atom. The van der Waals surface area contributed by atoms with Crippen LogP contribution in [0.15, 0.2) is 24.3 Å². The minimum Gasteiger partial charge on any atom is -0.483 e. The van der Waals surface area contributed by atoms with E-state index in [-0.39, 0.29) is 24.0 Å². The van der Waals surface area contributed by atoms with Gasteiger partial charge in [-0.3, -0.25) is 14.5 Å². The van der Waals surface area contributed by atoms with Crippen LogP contribution in [-0.2, 0) is 27.3 Å². The zero-order chi connectivity index (χ0) is 21.7. The molecule has 2 amide bonds. The molecule has 9 heteroatoms. The summed E-state index contributed by atoms with van der Waals surface area (Å²) in [6.45, 7) is 6.55. The highest BCUT2D eigenvalue weighted by atomic mass is 16.6. The second-order valence-electron chi connectivity index (χ2n) is 7.48. The van der Waals surface area contributed by atoms with Crippen LogP contribution in [0.4, 0.5) is 4.79 Å². The quantitative estimate of drug-likeness (QED) is 0.749. The summed E-state index contributed by atoms with van der Waals surface area (Å²) >= 11 is 0. The number of ether oxygens (including phenoxy) is 1. The Kier molecular flexibility index (Phi) is 6.59. The van der Waals surface area contributed by atoms with Gasteiger partial charge in [-0.15, -0.1) is 0 Å². The molecule has 2 aliphatic rings. The second-order valence-corrected chi connectivity index (χ2v) is 7.48. The number of carbonyl (C=O) groups is 3. The molecule has 3 heterocycles. The molecular formula is C21H28N4O5. The standard InChI is InChI=1S/C20H26N4O3.CH2O2/c1-3-17-21-15-7-5-6-8-16(15)23(17)10-9-18(25)22-11-12-24-19(26)27-14-20(24,4-2)13-22;2-1-3/h5-8H,3-4,9-14H2,1-2H3;1H,(H,2,3). The zero-order valence-corrected chi connectivity index (χ0v) is 17.4. The van der Waals surface area contributed by atoms with E-state index < -0.39 is 0 Å². The Labute approximate surface area is 175 Å². The molecule has 2 fully saturated rings. The van der Waals surface area contributed by atoms with Crippen molar-refractivity contribution in [2.75, 3.05) is 26.2 Å². The summed E-state index contributed by atoms with van der Waals surface area (Å²) in [6, 6.07) is 8.05. The Morgan fingerprint density at radius 2 is 2.03 bits per heavy atom. The first-order chi connectivity index (χ1) is 14.5. The summed E-state index contributed by atoms with van der Waals surface area (Å²) in [6.07, 6.45) is 1.80. The molecule has 2 aromatic rings. The van der Waals surface area contributed by atoms with Crippen LogP contribution in [-0.4, -0.2) is 74.7 Å². The number of rotatable bonds is 5. The fourth-order valence-corrected chi connectivity index (χ4v) is 4.29. The smallest absolute Gasteiger partial charge is 0.410 e. The number of amides is 2. The van der Waals surface area contributed by atoms with Crippen molar-refractivity contribution in [2.24, 2.45) is 0 Å². The van der Waals surface area contributed by atoms with E-state index in [2.05, 4.69) is 22.5 Å². The molecule has 2 saturated heterocycles. The average Bonchev–Trinajstić information content (AvgIpc) is 3.30. The van der Waals surface area contributed by atoms with Gasteiger partial charge >= 0.3 is 6.09 Å². The molecule has 4 rings (SSSR count). The second kappa shape index (κ2) is 9.15. The molecule has 2 aliphatic heterocycles. The van der Waals surface area contributed by atoms with Gasteiger partial charge < -0.3 is 19.3 Å². The minimum atomic E-state index is -0.360. The first-order valence-electron chi connectivity index (χ1n) is 10.2. The molecule has 0 bridgehead atoms. The van der Waals surface area contributed by atoms with E-state index in [1.54, 1.807) is 4.90 Å². The lowest BCUT2D eigenvalue weighted by Gasteiger charge is -2.44. The molecule has 0 aliphatic carbocycles. The van der Waals surface area contributed by atoms with E-state index in [0.717, 1.165) is 29.7 Å². The van der Waals surface area contributed by atoms with Crippen molar-refractivity contribution in [2.45, 2.75) is 45.2 Å². The number of aromatic nitrogens is 2. The summed E-state index contributed by atoms with van der Waals surface area (Å²) in [4.78, 5) is 41.6. The van der Waals surface area contributed by atoms with Gasteiger partial charge in [0.15, 0.2) is 0 Å². The lowest BCUT2D eigenvalue weighted by Crippen LogP contribution is -2.62. The van der Waals surface area contributed by atoms with Crippen LogP contribution in [0.1, 0.15) is 32.5 Å². The Bertz CT molecular complexity index is 927. The number of carboxylic acid groups (broad SMARTS) is 1. The Balaban J connectivity index is 0.000000806. The number of imidazole rings is 1. The normalized spacial score (nSPS) is 20.4. The molecule has 30 heavy (non-hydrogen) atoms. The SMILES string of the molecule is CCc1nc2ccccc2n1CCC(=O)N1CCN2C(=O)OCC2(CC)C1.O=CO. The van der Waals surface area contributed by atoms with E-state index in [4.69, 9.17) is 14.6 Å². The van der Waals surface area contributed by atoms with Crippen molar-refractivity contribution in [1.82, 2.24) is 19.4 Å². The van der Waals surface area contributed by atoms with Crippen LogP contribution < -0.4 is 0 Å². The zero-order valence-electron chi connectivity index (χ0n) is 17.4. The molecule has 1 aromatic carbocycles. The van der Waals surface area contributed by atoms with Gasteiger partial charge in [0.1, 0.15) is 12.4 Å². The summed E-state index contributed by atoms with van der Waals surface area (Å²) in [5.74, 6) is 1.13. The molecular weight excluding hydrogens is 388 g/mol. The van der Waals surface area contributed by atoms with E-state index in [1.807, 2.05) is 30.0 Å². The van der Waals surface area contributed by atoms with Crippen molar-refractivity contribution in [3.05, 3.63) is 30.1 Å². The first-order valence-corrected chi connectivity index (χ1v) is 10.2. The lowest BCUT2D eigenvalue weighted by molar-refractivity contribution is -0.135. The van der Waals surface area contributed by atoms with Crippen molar-refractivity contribution >= 4 is 29.5 Å². The van der Waals surface area contributed by atoms with Gasteiger partial charge in [-0.1, -0.05) is 26.0 Å². The third-order valence-corrected chi connectivity index (χ3v) is 5.95. The minimum absolute atomic E-state index is 0.127. The number of hydrogen-bond acceptors (Lipinski definition) is 5. The summed E-state index contributed by atoms with van der Waals surface area (Å²) in [5, 5.41) is 6.89. The number of hydrogen-bond donors (Lipinski definition) is 1. The largest absolute Gasteiger partial charge is 0.483 e. The molecule has 0 spiro atoms. The summed E-state index contributed by atoms with van der Waals surface area (Å²) in [7, 11) is 0. The molecule has 1 N–H and O–H groups in total. The van der Waals surface area contributed by atoms with Crippen molar-refractivity contribution in [3.8, 4) is 0 Å². The number of benzene rings is 1. The van der Waals surface area contributed by atoms with Gasteiger partial charge in [0, 0.05) is 39.0 Å². The highest BCUT2D eigenvalue weighted by molar-refractivity contribution is 5.79. The summed E-state index contributed by atoms with van der Waals surface area (Å²) in [5.41, 5.74) is 1.69. The average molecular weight is 416 g/mol. The topological polar surface area (TPSA) is 105 Å². The first kappa shape index (κ1) is 21.6. The van der Waals surface area contributed by atoms with E-state index in [1.165, 1.54) is 0 Å². The maximum atomic E-state index is 12.9. The highest BCUT2D eigenvalue weighted by Crippen LogP contribution is 2.32. The third kappa shape index (κ3) is 3.96. The molecule has 0 radical (unpaired) electrons. The number of piperazine rings is 1. The number of para-hydroxylation sites is 2. The molecule has 1 unspecified atom stereocenters. The fraction of sp³-hybridized carbons (Fsp3) is 0.524. The van der Waals surface area contributed by atoms with Gasteiger partial charge in [-0.25, -0.2) is 9.78 Å². The predicted molar refractivity (Wildman–Crippen MR) is 110 cm³/mol. The fourth-order valence-electron chi connectivity index (χ4n) is 4.29. The molecule has 0 saturated carbocycles. The van der Waals surface area contributed by atoms with Gasteiger partial charge in [0.25, 0.3) is 6.47 Å². The maximum Gasteiger partial charge on any atom is 0.410 e. The maximum absolute atomic E-state index is 12.9. The van der Waals surface area contributed by atoms with Crippen LogP contribution in [0.3, 0.4) is 0 Å². The monoisotopic (exact) mass is 416 g/mol. The van der Waals surface area contributed by atoms with Crippen LogP contribution in [0.5, 0.6) is 0 Å². The van der Waals surface area contributed by atoms with Crippen molar-refractivity contribution < 1.29 is 24.2 Å². The van der Waals surface area contributed by atoms with E-state index in [0.29, 0.717) is 39.2 Å². The lowest BCUT2D eigenvalue weighted by atomic mass is 9.93. The molecule has 162 valence electrons. The Hall–Kier alpha value is -3.10. The predicted octanol–water partition coefficient (Wildman–Crippen LogP) is 2.13. The van der Waals surface area contributed by atoms with Gasteiger partial charge in [-0.05, 0) is 18.6 Å². The van der Waals surface area contributed by atoms with Gasteiger partial charge in [0.2, 0.25) is 5.91 Å². The highest BCUT2D eigenvalue weighted by Gasteiger charge is 2.50.